The molecule has 1 amide bonds. The Morgan fingerprint density at radius 1 is 1.25 bits per heavy atom. The van der Waals surface area contributed by atoms with Crippen LogP contribution in [0.1, 0.15) is 42.4 Å². The minimum absolute atomic E-state index is 0.0432. The van der Waals surface area contributed by atoms with Crippen LogP contribution in [0.25, 0.3) is 11.4 Å². The molecule has 1 saturated heterocycles. The first kappa shape index (κ1) is 18.2. The first-order valence-corrected chi connectivity index (χ1v) is 9.63. The third-order valence-corrected chi connectivity index (χ3v) is 5.06. The number of hydrogen-bond acceptors (Lipinski definition) is 6. The van der Waals surface area contributed by atoms with Gasteiger partial charge in [-0.25, -0.2) is 4.98 Å². The number of benzene rings is 1. The molecule has 1 unspecified atom stereocenters. The zero-order valence-electron chi connectivity index (χ0n) is 15.8. The predicted octanol–water partition coefficient (Wildman–Crippen LogP) is 3.76. The molecule has 0 saturated carbocycles. The van der Waals surface area contributed by atoms with E-state index in [9.17, 15) is 4.79 Å². The van der Waals surface area contributed by atoms with Gasteiger partial charge in [0, 0.05) is 30.9 Å². The summed E-state index contributed by atoms with van der Waals surface area (Å²) in [4.78, 5) is 23.2. The van der Waals surface area contributed by atoms with Crippen LogP contribution >= 0.6 is 0 Å². The van der Waals surface area contributed by atoms with Crippen molar-refractivity contribution in [2.75, 3.05) is 11.9 Å². The summed E-state index contributed by atoms with van der Waals surface area (Å²) in [6.45, 7) is 3.54. The van der Waals surface area contributed by atoms with Gasteiger partial charge >= 0.3 is 11.8 Å². The average Bonchev–Trinajstić information content (AvgIpc) is 3.42. The Morgan fingerprint density at radius 2 is 2.11 bits per heavy atom. The smallest absolute Gasteiger partial charge is 0.316 e. The quantitative estimate of drug-likeness (QED) is 0.704. The van der Waals surface area contributed by atoms with Gasteiger partial charge in [0.15, 0.2) is 0 Å². The van der Waals surface area contributed by atoms with Crippen molar-refractivity contribution in [2.45, 2.75) is 38.8 Å². The topological polar surface area (TPSA) is 84.2 Å². The van der Waals surface area contributed by atoms with Crippen molar-refractivity contribution < 1.29 is 9.32 Å². The van der Waals surface area contributed by atoms with Crippen molar-refractivity contribution in [1.29, 1.82) is 0 Å². The Bertz CT molecular complexity index is 923. The molecule has 0 spiro atoms. The number of hydrogen-bond donors (Lipinski definition) is 1. The van der Waals surface area contributed by atoms with E-state index < -0.39 is 0 Å². The van der Waals surface area contributed by atoms with Crippen molar-refractivity contribution in [3.63, 3.8) is 0 Å². The second-order valence-electron chi connectivity index (χ2n) is 6.90. The highest BCUT2D eigenvalue weighted by Crippen LogP contribution is 2.23. The van der Waals surface area contributed by atoms with Crippen molar-refractivity contribution in [2.24, 2.45) is 0 Å². The van der Waals surface area contributed by atoms with Gasteiger partial charge in [-0.3, -0.25) is 4.79 Å². The highest BCUT2D eigenvalue weighted by atomic mass is 16.5. The van der Waals surface area contributed by atoms with Crippen molar-refractivity contribution in [3.8, 4) is 11.4 Å². The molecule has 3 aromatic rings. The van der Waals surface area contributed by atoms with Crippen molar-refractivity contribution in [3.05, 3.63) is 60.1 Å². The van der Waals surface area contributed by atoms with Crippen LogP contribution in [-0.2, 0) is 6.54 Å². The number of carbonyl (C=O) groups is 1. The molecule has 1 aromatic carbocycles. The number of nitrogens with zero attached hydrogens (tertiary/aromatic N) is 4. The number of aromatic nitrogens is 3. The van der Waals surface area contributed by atoms with E-state index in [2.05, 4.69) is 39.5 Å². The van der Waals surface area contributed by atoms with Crippen LogP contribution in [0.5, 0.6) is 0 Å². The Morgan fingerprint density at radius 3 is 2.86 bits per heavy atom. The third kappa shape index (κ3) is 3.88. The molecule has 4 rings (SSSR count). The number of anilines is 1. The summed E-state index contributed by atoms with van der Waals surface area (Å²) in [7, 11) is 0. The van der Waals surface area contributed by atoms with Gasteiger partial charge < -0.3 is 14.7 Å². The van der Waals surface area contributed by atoms with Crippen LogP contribution in [-0.4, -0.2) is 38.5 Å². The van der Waals surface area contributed by atoms with Gasteiger partial charge in [-0.2, -0.15) is 4.98 Å². The van der Waals surface area contributed by atoms with Crippen molar-refractivity contribution in [1.82, 2.24) is 20.0 Å². The standard InChI is InChI=1S/C21H23N5O2/c1-2-17-9-6-12-26(17)21(27)20-24-19(25-28-20)16-10-11-18(23-14-16)22-13-15-7-4-3-5-8-15/h3-5,7-8,10-11,14,17H,2,6,9,12-13H2,1H3,(H,22,23). The van der Waals surface area contributed by atoms with E-state index in [1.54, 1.807) is 6.20 Å². The highest BCUT2D eigenvalue weighted by molar-refractivity contribution is 5.90. The summed E-state index contributed by atoms with van der Waals surface area (Å²) >= 11 is 0. The predicted molar refractivity (Wildman–Crippen MR) is 106 cm³/mol. The molecule has 7 heteroatoms. The number of likely N-dealkylation sites (tertiary alicyclic amines) is 1. The molecular formula is C21H23N5O2. The van der Waals surface area contributed by atoms with E-state index in [1.165, 1.54) is 5.56 Å². The van der Waals surface area contributed by atoms with E-state index in [0.29, 0.717) is 17.9 Å². The molecule has 0 radical (unpaired) electrons. The summed E-state index contributed by atoms with van der Waals surface area (Å²) < 4.78 is 5.23. The van der Waals surface area contributed by atoms with Crippen LogP contribution in [0.15, 0.2) is 53.2 Å². The summed E-state index contributed by atoms with van der Waals surface area (Å²) in [5.41, 5.74) is 1.89. The van der Waals surface area contributed by atoms with Gasteiger partial charge in [0.05, 0.1) is 0 Å². The lowest BCUT2D eigenvalue weighted by atomic mass is 10.2. The van der Waals surface area contributed by atoms with E-state index in [1.807, 2.05) is 35.2 Å². The SMILES string of the molecule is CCC1CCCN1C(=O)c1nc(-c2ccc(NCc3ccccc3)nc2)no1. The number of amides is 1. The molecule has 1 atom stereocenters. The Hall–Kier alpha value is -3.22. The fourth-order valence-electron chi connectivity index (χ4n) is 3.50. The number of nitrogens with one attached hydrogen (secondary N) is 1. The second kappa shape index (κ2) is 8.21. The highest BCUT2D eigenvalue weighted by Gasteiger charge is 2.31. The zero-order valence-corrected chi connectivity index (χ0v) is 15.8. The molecule has 0 bridgehead atoms. The van der Waals surface area contributed by atoms with Gasteiger partial charge in [-0.05, 0) is 37.0 Å². The average molecular weight is 377 g/mol. The number of rotatable bonds is 6. The van der Waals surface area contributed by atoms with Crippen LogP contribution in [0.3, 0.4) is 0 Å². The maximum atomic E-state index is 12.6. The molecule has 0 aliphatic carbocycles. The molecule has 1 fully saturated rings. The lowest BCUT2D eigenvalue weighted by Crippen LogP contribution is -2.35. The molecular weight excluding hydrogens is 354 g/mol. The molecule has 2 aromatic heterocycles. The first-order chi connectivity index (χ1) is 13.7. The van der Waals surface area contributed by atoms with Gasteiger partial charge in [0.2, 0.25) is 5.82 Å². The van der Waals surface area contributed by atoms with E-state index in [4.69, 9.17) is 4.52 Å². The summed E-state index contributed by atoms with van der Waals surface area (Å²) in [5.74, 6) is 0.992. The van der Waals surface area contributed by atoms with Gasteiger partial charge in [-0.15, -0.1) is 0 Å². The van der Waals surface area contributed by atoms with E-state index in [-0.39, 0.29) is 17.8 Å². The lowest BCUT2D eigenvalue weighted by Gasteiger charge is -2.21. The molecule has 7 nitrogen and oxygen atoms in total. The summed E-state index contributed by atoms with van der Waals surface area (Å²) in [6.07, 6.45) is 4.67. The molecule has 1 N–H and O–H groups in total. The van der Waals surface area contributed by atoms with E-state index >= 15 is 0 Å². The van der Waals surface area contributed by atoms with Gasteiger partial charge in [-0.1, -0.05) is 42.4 Å². The monoisotopic (exact) mass is 377 g/mol. The van der Waals surface area contributed by atoms with Crippen LogP contribution in [0, 0.1) is 0 Å². The van der Waals surface area contributed by atoms with E-state index in [0.717, 1.165) is 31.6 Å². The normalized spacial score (nSPS) is 16.3. The van der Waals surface area contributed by atoms with Gasteiger partial charge in [0.25, 0.3) is 0 Å². The van der Waals surface area contributed by atoms with Gasteiger partial charge in [0.1, 0.15) is 5.82 Å². The fraction of sp³-hybridized carbons (Fsp3) is 0.333. The molecule has 3 heterocycles. The maximum absolute atomic E-state index is 12.6. The Kier molecular flexibility index (Phi) is 5.32. The first-order valence-electron chi connectivity index (χ1n) is 9.63. The van der Waals surface area contributed by atoms with Crippen LogP contribution in [0.2, 0.25) is 0 Å². The zero-order chi connectivity index (χ0) is 19.3. The largest absolute Gasteiger partial charge is 0.366 e. The minimum Gasteiger partial charge on any atom is -0.366 e. The fourth-order valence-corrected chi connectivity index (χ4v) is 3.50. The Balaban J connectivity index is 1.41. The van der Waals surface area contributed by atoms with Crippen LogP contribution < -0.4 is 5.32 Å². The van der Waals surface area contributed by atoms with Crippen molar-refractivity contribution >= 4 is 11.7 Å². The second-order valence-corrected chi connectivity index (χ2v) is 6.90. The minimum atomic E-state index is -0.183. The third-order valence-electron chi connectivity index (χ3n) is 5.06. The molecule has 1 aliphatic heterocycles. The number of carbonyl (C=O) groups excluding carboxylic acids is 1. The summed E-state index contributed by atoms with van der Waals surface area (Å²) in [5, 5.41) is 7.23. The Labute approximate surface area is 163 Å². The maximum Gasteiger partial charge on any atom is 0.316 e. The number of pyridine rings is 1. The summed E-state index contributed by atoms with van der Waals surface area (Å²) in [6, 6.07) is 14.1. The molecule has 1 aliphatic rings. The lowest BCUT2D eigenvalue weighted by molar-refractivity contribution is 0.0683. The molecule has 28 heavy (non-hydrogen) atoms. The van der Waals surface area contributed by atoms with Crippen LogP contribution in [0.4, 0.5) is 5.82 Å². The molecule has 144 valence electrons.